The highest BCUT2D eigenvalue weighted by Gasteiger charge is 2.19. The van der Waals surface area contributed by atoms with Crippen LogP contribution in [-0.4, -0.2) is 47.2 Å². The third-order valence-electron chi connectivity index (χ3n) is 3.84. The fourth-order valence-electron chi connectivity index (χ4n) is 2.40. The lowest BCUT2D eigenvalue weighted by Crippen LogP contribution is -2.46. The molecule has 0 heterocycles. The number of benzene rings is 1. The molecular weight excluding hydrogens is 402 g/mol. The summed E-state index contributed by atoms with van der Waals surface area (Å²) in [5.74, 6) is -1.78. The number of alkyl carbamates (subject to hydrolysis) is 1. The quantitative estimate of drug-likeness (QED) is 0.419. The second-order valence-electron chi connectivity index (χ2n) is 7.91. The lowest BCUT2D eigenvalue weighted by atomic mass is 10.1. The third-order valence-corrected chi connectivity index (χ3v) is 3.84. The van der Waals surface area contributed by atoms with E-state index in [2.05, 4.69) is 16.0 Å². The van der Waals surface area contributed by atoms with E-state index in [1.807, 2.05) is 24.3 Å². The lowest BCUT2D eigenvalue weighted by molar-refractivity contribution is -0.137. The maximum Gasteiger partial charge on any atom is 0.408 e. The number of amides is 3. The van der Waals surface area contributed by atoms with Crippen LogP contribution in [0.15, 0.2) is 30.3 Å². The van der Waals surface area contributed by atoms with Gasteiger partial charge in [-0.1, -0.05) is 30.4 Å². The molecule has 0 aromatic heterocycles. The number of carbonyl (C=O) groups is 4. The average Bonchev–Trinajstić information content (AvgIpc) is 2.65. The largest absolute Gasteiger partial charge is 0.481 e. The minimum Gasteiger partial charge on any atom is -0.481 e. The van der Waals surface area contributed by atoms with Crippen molar-refractivity contribution in [3.05, 3.63) is 35.9 Å². The van der Waals surface area contributed by atoms with E-state index in [0.29, 0.717) is 18.5 Å². The maximum atomic E-state index is 12.4. The van der Waals surface area contributed by atoms with E-state index in [9.17, 15) is 19.2 Å². The number of nitrogens with one attached hydrogen (secondary N) is 3. The number of carboxylic acid groups (broad SMARTS) is 1. The van der Waals surface area contributed by atoms with Crippen LogP contribution in [0, 0.1) is 0 Å². The van der Waals surface area contributed by atoms with Crippen LogP contribution in [0.5, 0.6) is 0 Å². The molecule has 1 atom stereocenters. The third kappa shape index (κ3) is 11.4. The Morgan fingerprint density at radius 2 is 1.84 bits per heavy atom. The first-order valence-corrected chi connectivity index (χ1v) is 10.0. The molecule has 31 heavy (non-hydrogen) atoms. The summed E-state index contributed by atoms with van der Waals surface area (Å²) >= 11 is 0. The van der Waals surface area contributed by atoms with Gasteiger partial charge in [-0.2, -0.15) is 0 Å². The Morgan fingerprint density at radius 1 is 1.16 bits per heavy atom. The highest BCUT2D eigenvalue weighted by atomic mass is 16.6. The highest BCUT2D eigenvalue weighted by molar-refractivity contribution is 5.98. The molecule has 0 aliphatic rings. The van der Waals surface area contributed by atoms with Crippen LogP contribution in [0.3, 0.4) is 0 Å². The first-order chi connectivity index (χ1) is 14.5. The van der Waals surface area contributed by atoms with Gasteiger partial charge in [0.15, 0.2) is 0 Å². The van der Waals surface area contributed by atoms with Crippen molar-refractivity contribution in [3.8, 4) is 0 Å². The Bertz CT molecular complexity index is 814. The van der Waals surface area contributed by atoms with Crippen LogP contribution in [0.1, 0.15) is 52.5 Å². The molecule has 0 bridgehead atoms. The molecule has 0 aliphatic carbocycles. The summed E-state index contributed by atoms with van der Waals surface area (Å²) in [5, 5.41) is 16.3. The lowest BCUT2D eigenvalue weighted by Gasteiger charge is -2.20. The molecule has 9 nitrogen and oxygen atoms in total. The summed E-state index contributed by atoms with van der Waals surface area (Å²) in [4.78, 5) is 46.6. The Balaban J connectivity index is 2.55. The molecule has 3 amide bonds. The first-order valence-electron chi connectivity index (χ1n) is 10.0. The minimum absolute atomic E-state index is 0.0999. The molecule has 1 aromatic carbocycles. The van der Waals surface area contributed by atoms with E-state index in [1.165, 1.54) is 6.92 Å². The molecule has 1 rings (SSSR count). The predicted octanol–water partition coefficient (Wildman–Crippen LogP) is 2.92. The predicted molar refractivity (Wildman–Crippen MR) is 117 cm³/mol. The van der Waals surface area contributed by atoms with Crippen molar-refractivity contribution >= 4 is 35.6 Å². The van der Waals surface area contributed by atoms with E-state index in [4.69, 9.17) is 9.84 Å². The zero-order chi connectivity index (χ0) is 23.4. The molecule has 170 valence electrons. The molecule has 0 saturated heterocycles. The Morgan fingerprint density at radius 3 is 2.48 bits per heavy atom. The minimum atomic E-state index is -0.835. The van der Waals surface area contributed by atoms with Crippen molar-refractivity contribution in [1.29, 1.82) is 0 Å². The summed E-state index contributed by atoms with van der Waals surface area (Å²) in [6, 6.07) is 6.30. The van der Waals surface area contributed by atoms with E-state index in [-0.39, 0.29) is 13.0 Å². The van der Waals surface area contributed by atoms with Crippen LogP contribution in [0.4, 0.5) is 10.5 Å². The number of para-hydroxylation sites is 1. The summed E-state index contributed by atoms with van der Waals surface area (Å²) in [7, 11) is 0. The summed E-state index contributed by atoms with van der Waals surface area (Å²) in [6.07, 6.45) is 4.17. The van der Waals surface area contributed by atoms with Gasteiger partial charge in [-0.3, -0.25) is 14.4 Å². The average molecular weight is 434 g/mol. The van der Waals surface area contributed by atoms with Gasteiger partial charge in [0.05, 0.1) is 0 Å². The van der Waals surface area contributed by atoms with Crippen LogP contribution in [-0.2, 0) is 19.1 Å². The van der Waals surface area contributed by atoms with Gasteiger partial charge in [0.25, 0.3) is 0 Å². The molecule has 0 unspecified atom stereocenters. The normalized spacial score (nSPS) is 12.1. The zero-order valence-corrected chi connectivity index (χ0v) is 18.4. The van der Waals surface area contributed by atoms with Crippen molar-refractivity contribution in [3.63, 3.8) is 0 Å². The summed E-state index contributed by atoms with van der Waals surface area (Å²) < 4.78 is 5.05. The zero-order valence-electron chi connectivity index (χ0n) is 18.4. The second kappa shape index (κ2) is 12.4. The number of carbonyl (C=O) groups excluding carboxylic acids is 3. The van der Waals surface area contributed by atoms with E-state index in [1.54, 1.807) is 32.9 Å². The van der Waals surface area contributed by atoms with Crippen LogP contribution >= 0.6 is 0 Å². The first kappa shape index (κ1) is 25.7. The molecule has 0 fully saturated rings. The van der Waals surface area contributed by atoms with Gasteiger partial charge < -0.3 is 25.8 Å². The molecule has 1 aromatic rings. The molecule has 0 radical (unpaired) electrons. The van der Waals surface area contributed by atoms with Gasteiger partial charge in [-0.15, -0.1) is 0 Å². The smallest absolute Gasteiger partial charge is 0.408 e. The van der Waals surface area contributed by atoms with Gasteiger partial charge in [-0.25, -0.2) is 4.79 Å². The number of hydrogen-bond acceptors (Lipinski definition) is 5. The fourth-order valence-corrected chi connectivity index (χ4v) is 2.40. The Kier molecular flexibility index (Phi) is 10.2. The van der Waals surface area contributed by atoms with Crippen LogP contribution < -0.4 is 16.0 Å². The monoisotopic (exact) mass is 433 g/mol. The molecule has 0 saturated carbocycles. The number of rotatable bonds is 10. The number of ether oxygens (including phenoxy) is 1. The Labute approximate surface area is 182 Å². The van der Waals surface area contributed by atoms with Crippen molar-refractivity contribution in [2.75, 3.05) is 11.9 Å². The molecule has 9 heteroatoms. The van der Waals surface area contributed by atoms with Gasteiger partial charge in [-0.05, 0) is 52.2 Å². The summed E-state index contributed by atoms with van der Waals surface area (Å²) in [5.41, 5.74) is 0.650. The number of allylic oxidation sites excluding steroid dienone is 1. The van der Waals surface area contributed by atoms with E-state index >= 15 is 0 Å². The van der Waals surface area contributed by atoms with Crippen molar-refractivity contribution in [2.45, 2.75) is 58.6 Å². The molecular formula is C22H31N3O6. The van der Waals surface area contributed by atoms with Crippen molar-refractivity contribution < 1.29 is 29.0 Å². The van der Waals surface area contributed by atoms with Gasteiger partial charge in [0.2, 0.25) is 11.8 Å². The molecule has 0 aliphatic heterocycles. The van der Waals surface area contributed by atoms with E-state index < -0.39 is 35.5 Å². The fraction of sp³-hybridized carbons (Fsp3) is 0.455. The number of unbranched alkanes of at least 4 members (excludes halogenated alkanes) is 1. The topological polar surface area (TPSA) is 134 Å². The van der Waals surface area contributed by atoms with Crippen molar-refractivity contribution in [1.82, 2.24) is 10.6 Å². The number of hydrogen-bond donors (Lipinski definition) is 4. The highest BCUT2D eigenvalue weighted by Crippen LogP contribution is 2.17. The van der Waals surface area contributed by atoms with Gasteiger partial charge in [0, 0.05) is 12.1 Å². The number of anilines is 1. The van der Waals surface area contributed by atoms with Gasteiger partial charge in [0.1, 0.15) is 18.2 Å². The number of aliphatic carboxylic acids is 1. The number of carboxylic acids is 1. The van der Waals surface area contributed by atoms with E-state index in [0.717, 1.165) is 5.56 Å². The summed E-state index contributed by atoms with van der Waals surface area (Å²) in [6.45, 7) is 6.35. The Hall–Kier alpha value is -3.36. The van der Waals surface area contributed by atoms with Crippen LogP contribution in [0.25, 0.3) is 6.08 Å². The van der Waals surface area contributed by atoms with Gasteiger partial charge >= 0.3 is 12.1 Å². The standard InChI is InChI=1S/C22H31N3O6/c1-15(24-18(26)14-23-21(30)31-22(2,3)4)20(29)25-17-12-9-8-11-16(17)10-6-5-7-13-19(27)28/h6,8-12,15H,5,7,13-14H2,1-4H3,(H,23,30)(H,24,26)(H,25,29)(H,27,28)/t15-/m1/s1. The SMILES string of the molecule is C[C@@H](NC(=O)CNC(=O)OC(C)(C)C)C(=O)Nc1ccccc1C=CCCCC(=O)O. The van der Waals surface area contributed by atoms with Crippen LogP contribution in [0.2, 0.25) is 0 Å². The molecule has 0 spiro atoms. The van der Waals surface area contributed by atoms with Crippen molar-refractivity contribution in [2.24, 2.45) is 0 Å². The second-order valence-corrected chi connectivity index (χ2v) is 7.91. The maximum absolute atomic E-state index is 12.4. The molecule has 4 N–H and O–H groups in total.